The monoisotopic (exact) mass is 566 g/mol. The molecule has 3 aliphatic rings. The molecule has 1 N–H and O–H groups in total. The number of Topliss-reactive ketones (excluding diaryl/α,β-unsaturated/α-hetero) is 2. The van der Waals surface area contributed by atoms with Gasteiger partial charge in [0.05, 0.1) is 12.0 Å². The van der Waals surface area contributed by atoms with Gasteiger partial charge in [-0.1, -0.05) is 111 Å². The van der Waals surface area contributed by atoms with E-state index in [0.29, 0.717) is 22.7 Å². The summed E-state index contributed by atoms with van der Waals surface area (Å²) in [5.41, 5.74) is 5.19. The molecule has 0 aromatic heterocycles. The van der Waals surface area contributed by atoms with E-state index in [1.807, 2.05) is 97.9 Å². The lowest BCUT2D eigenvalue weighted by Gasteiger charge is -2.39. The Labute approximate surface area is 252 Å². The van der Waals surface area contributed by atoms with E-state index in [9.17, 15) is 9.59 Å². The van der Waals surface area contributed by atoms with Crippen molar-refractivity contribution in [2.45, 2.75) is 44.7 Å². The number of carbonyl (C=O) groups is 3. The number of nitrogens with one attached hydrogen (secondary N) is 1. The molecule has 4 aromatic rings. The lowest BCUT2D eigenvalue weighted by molar-refractivity contribution is -0.121. The van der Waals surface area contributed by atoms with E-state index in [1.165, 1.54) is 0 Å². The number of fused-ring (bicyclic) bond motifs is 6. The Kier molecular flexibility index (Phi) is 6.42. The SMILES string of the molecule is CC1=C[C@H]2N(c3ccccc31)[C@@H](C(=O)c1ccccc1)[C@@H](C(=O)c1ccc(CC(C)C)cc1)[C@@]21C(=O)Nc2ccccc21. The summed E-state index contributed by atoms with van der Waals surface area (Å²) < 4.78 is 0. The lowest BCUT2D eigenvalue weighted by atomic mass is 9.64. The third-order valence-corrected chi connectivity index (χ3v) is 9.38. The van der Waals surface area contributed by atoms with Crippen LogP contribution >= 0.6 is 0 Å². The summed E-state index contributed by atoms with van der Waals surface area (Å²) in [6, 6.07) is 31.0. The molecular formula is C38H34N2O3. The van der Waals surface area contributed by atoms with Gasteiger partial charge in [0.1, 0.15) is 11.5 Å². The van der Waals surface area contributed by atoms with E-state index < -0.39 is 23.4 Å². The zero-order valence-corrected chi connectivity index (χ0v) is 24.6. The van der Waals surface area contributed by atoms with Gasteiger partial charge in [0.15, 0.2) is 11.6 Å². The summed E-state index contributed by atoms with van der Waals surface area (Å²) in [6.07, 6.45) is 3.00. The lowest BCUT2D eigenvalue weighted by Crippen LogP contribution is -2.51. The van der Waals surface area contributed by atoms with Gasteiger partial charge in [-0.2, -0.15) is 0 Å². The number of rotatable bonds is 6. The molecule has 0 saturated carbocycles. The quantitative estimate of drug-likeness (QED) is 0.252. The summed E-state index contributed by atoms with van der Waals surface area (Å²) in [4.78, 5) is 46.3. The maximum atomic E-state index is 15.0. The largest absolute Gasteiger partial charge is 0.352 e. The minimum Gasteiger partial charge on any atom is -0.352 e. The van der Waals surface area contributed by atoms with E-state index in [1.54, 1.807) is 12.1 Å². The second kappa shape index (κ2) is 10.2. The molecule has 1 amide bonds. The van der Waals surface area contributed by atoms with Crippen LogP contribution in [-0.2, 0) is 16.6 Å². The minimum atomic E-state index is -1.31. The first-order chi connectivity index (χ1) is 20.8. The maximum absolute atomic E-state index is 15.0. The highest BCUT2D eigenvalue weighted by Crippen LogP contribution is 2.58. The Hall–Kier alpha value is -4.77. The number of para-hydroxylation sites is 2. The molecule has 0 aliphatic carbocycles. The molecule has 214 valence electrons. The van der Waals surface area contributed by atoms with Crippen LogP contribution in [0.25, 0.3) is 5.57 Å². The molecule has 4 atom stereocenters. The highest BCUT2D eigenvalue weighted by atomic mass is 16.2. The molecule has 3 heterocycles. The molecule has 1 fully saturated rings. The van der Waals surface area contributed by atoms with Crippen molar-refractivity contribution in [1.82, 2.24) is 0 Å². The topological polar surface area (TPSA) is 66.5 Å². The van der Waals surface area contributed by atoms with E-state index in [-0.39, 0.29) is 17.5 Å². The molecule has 0 unspecified atom stereocenters. The van der Waals surface area contributed by atoms with Crippen molar-refractivity contribution >= 4 is 34.4 Å². The van der Waals surface area contributed by atoms with Gasteiger partial charge in [-0.05, 0) is 48.1 Å². The zero-order chi connectivity index (χ0) is 29.9. The summed E-state index contributed by atoms with van der Waals surface area (Å²) >= 11 is 0. The van der Waals surface area contributed by atoms with Crippen molar-refractivity contribution < 1.29 is 14.4 Å². The van der Waals surface area contributed by atoms with Crippen molar-refractivity contribution in [2.24, 2.45) is 11.8 Å². The molecule has 0 bridgehead atoms. The van der Waals surface area contributed by atoms with E-state index in [2.05, 4.69) is 30.1 Å². The third-order valence-electron chi connectivity index (χ3n) is 9.38. The minimum absolute atomic E-state index is 0.169. The van der Waals surface area contributed by atoms with Crippen molar-refractivity contribution in [3.05, 3.63) is 137 Å². The predicted molar refractivity (Wildman–Crippen MR) is 170 cm³/mol. The van der Waals surface area contributed by atoms with E-state index >= 15 is 4.79 Å². The highest BCUT2D eigenvalue weighted by Gasteiger charge is 2.70. The summed E-state index contributed by atoms with van der Waals surface area (Å²) in [7, 11) is 0. The fraction of sp³-hybridized carbons (Fsp3) is 0.237. The summed E-state index contributed by atoms with van der Waals surface area (Å²) in [5, 5.41) is 3.11. The third kappa shape index (κ3) is 4.02. The first-order valence-corrected chi connectivity index (χ1v) is 15.0. The Morgan fingerprint density at radius 2 is 1.47 bits per heavy atom. The predicted octanol–water partition coefficient (Wildman–Crippen LogP) is 7.13. The van der Waals surface area contributed by atoms with E-state index in [0.717, 1.165) is 34.4 Å². The Morgan fingerprint density at radius 1 is 0.814 bits per heavy atom. The number of carbonyl (C=O) groups excluding carboxylic acids is 3. The van der Waals surface area contributed by atoms with Crippen LogP contribution in [0.3, 0.4) is 0 Å². The molecule has 43 heavy (non-hydrogen) atoms. The van der Waals surface area contributed by atoms with Crippen molar-refractivity contribution in [1.29, 1.82) is 0 Å². The fourth-order valence-electron chi connectivity index (χ4n) is 7.62. The number of anilines is 2. The van der Waals surface area contributed by atoms with Gasteiger partial charge in [-0.15, -0.1) is 0 Å². The molecule has 4 aromatic carbocycles. The van der Waals surface area contributed by atoms with Crippen molar-refractivity contribution in [3.8, 4) is 0 Å². The average molecular weight is 567 g/mol. The molecule has 7 rings (SSSR count). The smallest absolute Gasteiger partial charge is 0.238 e. The molecule has 5 nitrogen and oxygen atoms in total. The van der Waals surface area contributed by atoms with Crippen LogP contribution in [0.4, 0.5) is 11.4 Å². The number of amides is 1. The van der Waals surface area contributed by atoms with Crippen molar-refractivity contribution in [3.63, 3.8) is 0 Å². The number of benzene rings is 4. The first-order valence-electron chi connectivity index (χ1n) is 15.0. The molecule has 3 aliphatic heterocycles. The molecular weight excluding hydrogens is 532 g/mol. The second-order valence-corrected chi connectivity index (χ2v) is 12.4. The Morgan fingerprint density at radius 3 is 2.21 bits per heavy atom. The molecule has 1 spiro atoms. The average Bonchev–Trinajstić information content (AvgIpc) is 3.49. The van der Waals surface area contributed by atoms with Crippen molar-refractivity contribution in [2.75, 3.05) is 10.2 Å². The standard InChI is InChI=1S/C38H34N2O3/c1-23(2)21-25-17-19-27(20-18-25)35(41)33-34(36(42)26-11-5-4-6-12-26)40-31-16-10-7-13-28(31)24(3)22-32(40)38(33)29-14-8-9-15-30(29)39-37(38)43/h4-20,22-23,32-34H,21H2,1-3H3,(H,39,43)/t32-,33+,34-,38+/m1/s1. The van der Waals surface area contributed by atoms with Gasteiger partial charge in [0.2, 0.25) is 5.91 Å². The van der Waals surface area contributed by atoms with Gasteiger partial charge in [0.25, 0.3) is 0 Å². The van der Waals surface area contributed by atoms with Gasteiger partial charge in [0, 0.05) is 28.1 Å². The number of ketones is 2. The number of allylic oxidation sites excluding steroid dienone is 1. The zero-order valence-electron chi connectivity index (χ0n) is 24.6. The van der Waals surface area contributed by atoms with Crippen LogP contribution in [0.1, 0.15) is 58.2 Å². The number of hydrogen-bond donors (Lipinski definition) is 1. The number of hydrogen-bond acceptors (Lipinski definition) is 4. The maximum Gasteiger partial charge on any atom is 0.238 e. The first kappa shape index (κ1) is 27.1. The normalized spacial score (nSPS) is 23.4. The van der Waals surface area contributed by atoms with Gasteiger partial charge < -0.3 is 10.2 Å². The van der Waals surface area contributed by atoms with Crippen LogP contribution in [0, 0.1) is 11.8 Å². The molecule has 0 radical (unpaired) electrons. The number of nitrogens with zero attached hydrogens (tertiary/aromatic N) is 1. The Bertz CT molecular complexity index is 1790. The fourth-order valence-corrected chi connectivity index (χ4v) is 7.62. The van der Waals surface area contributed by atoms with E-state index in [4.69, 9.17) is 0 Å². The highest BCUT2D eigenvalue weighted by molar-refractivity contribution is 6.18. The Balaban J connectivity index is 1.50. The van der Waals surface area contributed by atoms with Crippen LogP contribution in [0.15, 0.2) is 109 Å². The van der Waals surface area contributed by atoms with Crippen LogP contribution < -0.4 is 10.2 Å². The van der Waals surface area contributed by atoms with Gasteiger partial charge in [-0.25, -0.2) is 0 Å². The van der Waals surface area contributed by atoms with Crippen LogP contribution in [-0.4, -0.2) is 29.6 Å². The second-order valence-electron chi connectivity index (χ2n) is 12.4. The molecule has 5 heteroatoms. The van der Waals surface area contributed by atoms with Gasteiger partial charge in [-0.3, -0.25) is 14.4 Å². The summed E-state index contributed by atoms with van der Waals surface area (Å²) in [5.74, 6) is -1.10. The van der Waals surface area contributed by atoms with Crippen LogP contribution in [0.5, 0.6) is 0 Å². The molecule has 1 saturated heterocycles. The summed E-state index contributed by atoms with van der Waals surface area (Å²) in [6.45, 7) is 6.38. The van der Waals surface area contributed by atoms with Crippen LogP contribution in [0.2, 0.25) is 0 Å². The van der Waals surface area contributed by atoms with Gasteiger partial charge >= 0.3 is 0 Å².